The van der Waals surface area contributed by atoms with E-state index in [0.717, 1.165) is 16.8 Å². The van der Waals surface area contributed by atoms with Gasteiger partial charge in [0.15, 0.2) is 0 Å². The maximum atomic E-state index is 5.80. The number of para-hydroxylation sites is 1. The summed E-state index contributed by atoms with van der Waals surface area (Å²) in [4.78, 5) is 0. The van der Waals surface area contributed by atoms with Crippen LogP contribution in [0.2, 0.25) is 0 Å². The Morgan fingerprint density at radius 1 is 1.29 bits per heavy atom. The average molecular weight is 227 g/mol. The number of rotatable bonds is 1. The van der Waals surface area contributed by atoms with Crippen molar-refractivity contribution in [2.24, 2.45) is 7.05 Å². The lowest BCUT2D eigenvalue weighted by Crippen LogP contribution is -1.91. The van der Waals surface area contributed by atoms with E-state index in [1.807, 2.05) is 19.2 Å². The molecule has 0 aliphatic carbocycles. The zero-order chi connectivity index (χ0) is 12.0. The number of nitrogens with zero attached hydrogens (tertiary/aromatic N) is 2. The van der Waals surface area contributed by atoms with E-state index in [2.05, 4.69) is 28.8 Å². The topological polar surface area (TPSA) is 57.0 Å². The molecule has 2 heterocycles. The third-order valence-corrected chi connectivity index (χ3v) is 3.27. The van der Waals surface area contributed by atoms with Crippen molar-refractivity contribution in [1.29, 1.82) is 0 Å². The Labute approximate surface area is 98.6 Å². The van der Waals surface area contributed by atoms with Crippen LogP contribution in [0.1, 0.15) is 5.69 Å². The lowest BCUT2D eigenvalue weighted by Gasteiger charge is -1.99. The molecule has 0 spiro atoms. The minimum Gasteiger partial charge on any atom is -0.367 e. The van der Waals surface area contributed by atoms with Crippen molar-refractivity contribution in [3.05, 3.63) is 36.2 Å². The number of nitrogen functional groups attached to an aromatic ring is 1. The highest BCUT2D eigenvalue weighted by Crippen LogP contribution is 2.36. The van der Waals surface area contributed by atoms with Gasteiger partial charge in [-0.1, -0.05) is 23.4 Å². The second-order valence-corrected chi connectivity index (χ2v) is 4.14. The quantitative estimate of drug-likeness (QED) is 0.695. The Kier molecular flexibility index (Phi) is 1.98. The van der Waals surface area contributed by atoms with Gasteiger partial charge in [0.2, 0.25) is 5.88 Å². The van der Waals surface area contributed by atoms with Crippen molar-refractivity contribution in [3.8, 4) is 11.1 Å². The molecule has 0 aliphatic rings. The monoisotopic (exact) mass is 227 g/mol. The average Bonchev–Trinajstić information content (AvgIpc) is 2.84. The molecule has 0 atom stereocenters. The molecule has 0 saturated carbocycles. The van der Waals surface area contributed by atoms with Crippen molar-refractivity contribution in [2.75, 3.05) is 5.73 Å². The zero-order valence-electron chi connectivity index (χ0n) is 9.77. The van der Waals surface area contributed by atoms with E-state index < -0.39 is 0 Å². The second-order valence-electron chi connectivity index (χ2n) is 4.14. The Bertz CT molecular complexity index is 694. The van der Waals surface area contributed by atoms with Gasteiger partial charge in [0.1, 0.15) is 0 Å². The highest BCUT2D eigenvalue weighted by molar-refractivity contribution is 5.99. The van der Waals surface area contributed by atoms with Crippen LogP contribution in [0.5, 0.6) is 0 Å². The van der Waals surface area contributed by atoms with E-state index in [4.69, 9.17) is 10.3 Å². The van der Waals surface area contributed by atoms with Crippen molar-refractivity contribution in [1.82, 2.24) is 9.72 Å². The van der Waals surface area contributed by atoms with Crippen molar-refractivity contribution < 1.29 is 4.52 Å². The second kappa shape index (κ2) is 3.38. The van der Waals surface area contributed by atoms with Crippen LogP contribution < -0.4 is 5.73 Å². The first-order chi connectivity index (χ1) is 8.20. The summed E-state index contributed by atoms with van der Waals surface area (Å²) in [5, 5.41) is 4.91. The minimum atomic E-state index is 0.365. The molecule has 3 rings (SSSR count). The number of benzene rings is 1. The van der Waals surface area contributed by atoms with Crippen molar-refractivity contribution in [3.63, 3.8) is 0 Å². The molecule has 0 saturated heterocycles. The summed E-state index contributed by atoms with van der Waals surface area (Å²) >= 11 is 0. The fourth-order valence-corrected chi connectivity index (χ4v) is 2.30. The first-order valence-corrected chi connectivity index (χ1v) is 5.44. The first kappa shape index (κ1) is 9.96. The highest BCUT2D eigenvalue weighted by Gasteiger charge is 2.17. The van der Waals surface area contributed by atoms with Gasteiger partial charge in [-0.15, -0.1) is 0 Å². The third kappa shape index (κ3) is 1.27. The number of hydrogen-bond acceptors (Lipinski definition) is 3. The first-order valence-electron chi connectivity index (χ1n) is 5.44. The summed E-state index contributed by atoms with van der Waals surface area (Å²) in [5.74, 6) is 0.365. The number of hydrogen-bond donors (Lipinski definition) is 1. The van der Waals surface area contributed by atoms with Crippen molar-refractivity contribution >= 4 is 16.8 Å². The van der Waals surface area contributed by atoms with Gasteiger partial charge in [0, 0.05) is 29.2 Å². The Balaban J connectivity index is 2.45. The Hall–Kier alpha value is -2.23. The molecule has 2 aromatic heterocycles. The number of nitrogens with two attached hydrogens (primary N) is 1. The molecule has 4 heteroatoms. The van der Waals surface area contributed by atoms with Crippen LogP contribution in [0.25, 0.3) is 22.0 Å². The number of aryl methyl sites for hydroxylation is 1. The summed E-state index contributed by atoms with van der Waals surface area (Å²) < 4.78 is 7.10. The fraction of sp³-hybridized carbons (Fsp3) is 0.154. The largest absolute Gasteiger partial charge is 0.367 e. The molecule has 0 aliphatic heterocycles. The smallest absolute Gasteiger partial charge is 0.230 e. The lowest BCUT2D eigenvalue weighted by molar-refractivity contribution is 0.436. The minimum absolute atomic E-state index is 0.365. The number of aromatic nitrogens is 2. The van der Waals surface area contributed by atoms with Crippen LogP contribution in [0, 0.1) is 6.92 Å². The summed E-state index contributed by atoms with van der Waals surface area (Å²) in [5.41, 5.74) is 10.1. The van der Waals surface area contributed by atoms with Gasteiger partial charge in [-0.25, -0.2) is 0 Å². The number of anilines is 1. The lowest BCUT2D eigenvalue weighted by atomic mass is 10.1. The summed E-state index contributed by atoms with van der Waals surface area (Å²) in [6.07, 6.45) is 1.67. The van der Waals surface area contributed by atoms with E-state index in [1.165, 1.54) is 10.9 Å². The Morgan fingerprint density at radius 2 is 2.06 bits per heavy atom. The molecule has 1 aromatic carbocycles. The van der Waals surface area contributed by atoms with Gasteiger partial charge >= 0.3 is 0 Å². The predicted molar refractivity (Wildman–Crippen MR) is 67.6 cm³/mol. The van der Waals surface area contributed by atoms with E-state index in [9.17, 15) is 0 Å². The summed E-state index contributed by atoms with van der Waals surface area (Å²) in [7, 11) is 2.05. The van der Waals surface area contributed by atoms with Crippen molar-refractivity contribution in [2.45, 2.75) is 6.92 Å². The van der Waals surface area contributed by atoms with Crippen LogP contribution >= 0.6 is 0 Å². The third-order valence-electron chi connectivity index (χ3n) is 3.27. The molecule has 0 radical (unpaired) electrons. The molecule has 0 amide bonds. The van der Waals surface area contributed by atoms with Gasteiger partial charge in [0.05, 0.1) is 11.8 Å². The molecule has 3 aromatic rings. The SMILES string of the molecule is Cc1c(-c2cnoc2N)c2ccccc2n1C. The molecule has 17 heavy (non-hydrogen) atoms. The molecule has 2 N–H and O–H groups in total. The normalized spacial score (nSPS) is 11.2. The van der Waals surface area contributed by atoms with Crippen LogP contribution in [0.3, 0.4) is 0 Å². The molecular weight excluding hydrogens is 214 g/mol. The van der Waals surface area contributed by atoms with Crippen LogP contribution in [-0.2, 0) is 7.05 Å². The molecule has 0 bridgehead atoms. The van der Waals surface area contributed by atoms with Gasteiger partial charge < -0.3 is 14.8 Å². The van der Waals surface area contributed by atoms with Gasteiger partial charge in [-0.3, -0.25) is 0 Å². The standard InChI is InChI=1S/C13H13N3O/c1-8-12(10-7-15-17-13(10)14)9-5-3-4-6-11(9)16(8)2/h3-7H,14H2,1-2H3. The molecule has 0 unspecified atom stereocenters. The highest BCUT2D eigenvalue weighted by atomic mass is 16.5. The molecule has 4 nitrogen and oxygen atoms in total. The van der Waals surface area contributed by atoms with Gasteiger partial charge in [-0.2, -0.15) is 0 Å². The van der Waals surface area contributed by atoms with Crippen LogP contribution in [0.4, 0.5) is 5.88 Å². The van der Waals surface area contributed by atoms with E-state index >= 15 is 0 Å². The summed E-state index contributed by atoms with van der Waals surface area (Å²) in [6.45, 7) is 2.07. The molecule has 86 valence electrons. The Morgan fingerprint density at radius 3 is 2.76 bits per heavy atom. The zero-order valence-corrected chi connectivity index (χ0v) is 9.77. The maximum Gasteiger partial charge on any atom is 0.230 e. The molecule has 0 fully saturated rings. The van der Waals surface area contributed by atoms with E-state index in [1.54, 1.807) is 6.20 Å². The van der Waals surface area contributed by atoms with Crippen LogP contribution in [0.15, 0.2) is 35.0 Å². The maximum absolute atomic E-state index is 5.80. The fourth-order valence-electron chi connectivity index (χ4n) is 2.30. The van der Waals surface area contributed by atoms with E-state index in [-0.39, 0.29) is 0 Å². The summed E-state index contributed by atoms with van der Waals surface area (Å²) in [6, 6.07) is 8.23. The predicted octanol–water partition coefficient (Wildman–Crippen LogP) is 2.72. The van der Waals surface area contributed by atoms with Crippen LogP contribution in [-0.4, -0.2) is 9.72 Å². The molecular formula is C13H13N3O. The number of fused-ring (bicyclic) bond motifs is 1. The van der Waals surface area contributed by atoms with Gasteiger partial charge in [-0.05, 0) is 13.0 Å². The van der Waals surface area contributed by atoms with Gasteiger partial charge in [0.25, 0.3) is 0 Å². The van der Waals surface area contributed by atoms with E-state index in [0.29, 0.717) is 5.88 Å².